The Bertz CT molecular complexity index is 606. The molecule has 0 unspecified atom stereocenters. The van der Waals surface area contributed by atoms with E-state index in [1.807, 2.05) is 17.0 Å². The Morgan fingerprint density at radius 3 is 2.91 bits per heavy atom. The minimum Gasteiger partial charge on any atom is -0.467 e. The van der Waals surface area contributed by atoms with Gasteiger partial charge in [0.05, 0.1) is 23.8 Å². The number of furan rings is 1. The number of ether oxygens (including phenoxy) is 1. The summed E-state index contributed by atoms with van der Waals surface area (Å²) in [5.41, 5.74) is -0.0150. The molecule has 3 heterocycles. The van der Waals surface area contributed by atoms with Crippen LogP contribution >= 0.6 is 0 Å². The van der Waals surface area contributed by atoms with Gasteiger partial charge in [0.15, 0.2) is 0 Å². The number of nitrogens with zero attached hydrogens (tertiary/aromatic N) is 3. The van der Waals surface area contributed by atoms with Crippen molar-refractivity contribution in [1.82, 2.24) is 4.98 Å². The Balaban J connectivity index is 1.78. The molecule has 0 amide bonds. The summed E-state index contributed by atoms with van der Waals surface area (Å²) in [5.74, 6) is 1.50. The lowest BCUT2D eigenvalue weighted by molar-refractivity contribution is -0.385. The normalized spacial score (nSPS) is 17.5. The molecule has 0 spiro atoms. The van der Waals surface area contributed by atoms with Gasteiger partial charge in [-0.1, -0.05) is 0 Å². The Hall–Kier alpha value is -2.41. The molecular weight excluding hydrogens is 286 g/mol. The van der Waals surface area contributed by atoms with Gasteiger partial charge in [0.1, 0.15) is 17.8 Å². The van der Waals surface area contributed by atoms with E-state index in [4.69, 9.17) is 9.15 Å². The van der Waals surface area contributed by atoms with Crippen LogP contribution < -0.4 is 4.90 Å². The van der Waals surface area contributed by atoms with E-state index < -0.39 is 4.92 Å². The molecule has 2 aromatic heterocycles. The summed E-state index contributed by atoms with van der Waals surface area (Å²) >= 11 is 0. The number of pyridine rings is 1. The molecule has 0 radical (unpaired) electrons. The second kappa shape index (κ2) is 6.57. The monoisotopic (exact) mass is 303 g/mol. The molecule has 1 aliphatic heterocycles. The van der Waals surface area contributed by atoms with Crippen LogP contribution in [0.5, 0.6) is 0 Å². The van der Waals surface area contributed by atoms with E-state index in [0.717, 1.165) is 25.2 Å². The van der Waals surface area contributed by atoms with Crippen molar-refractivity contribution in [2.24, 2.45) is 0 Å². The maximum atomic E-state index is 10.7. The van der Waals surface area contributed by atoms with E-state index in [1.54, 1.807) is 12.3 Å². The van der Waals surface area contributed by atoms with Crippen molar-refractivity contribution in [3.63, 3.8) is 0 Å². The zero-order chi connectivity index (χ0) is 15.4. The molecule has 2 aromatic rings. The van der Waals surface area contributed by atoms with E-state index in [2.05, 4.69) is 4.98 Å². The molecule has 0 aliphatic carbocycles. The second-order valence-corrected chi connectivity index (χ2v) is 5.23. The van der Waals surface area contributed by atoms with E-state index >= 15 is 0 Å². The van der Waals surface area contributed by atoms with Gasteiger partial charge in [-0.05, 0) is 31.0 Å². The van der Waals surface area contributed by atoms with Gasteiger partial charge in [0.25, 0.3) is 5.69 Å². The van der Waals surface area contributed by atoms with Crippen molar-refractivity contribution in [2.75, 3.05) is 18.1 Å². The highest BCUT2D eigenvalue weighted by atomic mass is 16.6. The largest absolute Gasteiger partial charge is 0.467 e. The molecule has 3 rings (SSSR count). The minimum atomic E-state index is -0.451. The van der Waals surface area contributed by atoms with Gasteiger partial charge in [0, 0.05) is 19.2 Å². The average molecular weight is 303 g/mol. The summed E-state index contributed by atoms with van der Waals surface area (Å²) < 4.78 is 11.1. The molecule has 1 aliphatic rings. The first kappa shape index (κ1) is 14.5. The number of rotatable bonds is 6. The molecule has 0 aromatic carbocycles. The molecular formula is C15H17N3O4. The summed E-state index contributed by atoms with van der Waals surface area (Å²) in [5, 5.41) is 10.7. The summed E-state index contributed by atoms with van der Waals surface area (Å²) in [6.45, 7) is 2.02. The van der Waals surface area contributed by atoms with Crippen LogP contribution in [-0.4, -0.2) is 29.2 Å². The van der Waals surface area contributed by atoms with Gasteiger partial charge >= 0.3 is 0 Å². The molecule has 116 valence electrons. The quantitative estimate of drug-likeness (QED) is 0.603. The van der Waals surface area contributed by atoms with Gasteiger partial charge in [0.2, 0.25) is 0 Å². The highest BCUT2D eigenvalue weighted by Gasteiger charge is 2.21. The van der Waals surface area contributed by atoms with Crippen LogP contribution in [0.15, 0.2) is 41.1 Å². The van der Waals surface area contributed by atoms with Gasteiger partial charge in [-0.2, -0.15) is 0 Å². The summed E-state index contributed by atoms with van der Waals surface area (Å²) in [6.07, 6.45) is 5.14. The molecule has 22 heavy (non-hydrogen) atoms. The van der Waals surface area contributed by atoms with Gasteiger partial charge in [-0.15, -0.1) is 0 Å². The maximum absolute atomic E-state index is 10.7. The SMILES string of the molecule is O=[N+]([O-])c1ccc(N(Cc2ccco2)C[C@@H]2CCCO2)nc1. The smallest absolute Gasteiger partial charge is 0.287 e. The topological polar surface area (TPSA) is 81.6 Å². The second-order valence-electron chi connectivity index (χ2n) is 5.23. The lowest BCUT2D eigenvalue weighted by Gasteiger charge is -2.25. The van der Waals surface area contributed by atoms with Crippen molar-refractivity contribution < 1.29 is 14.1 Å². The highest BCUT2D eigenvalue weighted by molar-refractivity contribution is 5.43. The Morgan fingerprint density at radius 1 is 1.41 bits per heavy atom. The summed E-state index contributed by atoms with van der Waals surface area (Å²) in [6, 6.07) is 6.86. The molecule has 0 saturated carbocycles. The lowest BCUT2D eigenvalue weighted by atomic mass is 10.2. The fourth-order valence-electron chi connectivity index (χ4n) is 2.54. The van der Waals surface area contributed by atoms with Crippen LogP contribution in [0.1, 0.15) is 18.6 Å². The molecule has 7 nitrogen and oxygen atoms in total. The van der Waals surface area contributed by atoms with Crippen LogP contribution in [0.3, 0.4) is 0 Å². The van der Waals surface area contributed by atoms with Crippen molar-refractivity contribution in [3.8, 4) is 0 Å². The Labute approximate surface area is 127 Å². The van der Waals surface area contributed by atoms with E-state index in [9.17, 15) is 10.1 Å². The summed E-state index contributed by atoms with van der Waals surface area (Å²) in [4.78, 5) is 16.5. The molecule has 0 bridgehead atoms. The first-order valence-electron chi connectivity index (χ1n) is 7.22. The van der Waals surface area contributed by atoms with Crippen molar-refractivity contribution in [1.29, 1.82) is 0 Å². The van der Waals surface area contributed by atoms with E-state index in [-0.39, 0.29) is 11.8 Å². The number of hydrogen-bond acceptors (Lipinski definition) is 6. The van der Waals surface area contributed by atoms with E-state index in [0.29, 0.717) is 18.9 Å². The van der Waals surface area contributed by atoms with Gasteiger partial charge < -0.3 is 14.1 Å². The predicted octanol–water partition coefficient (Wildman–Crippen LogP) is 2.77. The highest BCUT2D eigenvalue weighted by Crippen LogP contribution is 2.21. The van der Waals surface area contributed by atoms with E-state index in [1.165, 1.54) is 12.3 Å². The lowest BCUT2D eigenvalue weighted by Crippen LogP contribution is -2.32. The fourth-order valence-corrected chi connectivity index (χ4v) is 2.54. The number of anilines is 1. The molecule has 0 N–H and O–H groups in total. The van der Waals surface area contributed by atoms with Gasteiger partial charge in [-0.3, -0.25) is 10.1 Å². The third-order valence-electron chi connectivity index (χ3n) is 3.64. The van der Waals surface area contributed by atoms with Crippen LogP contribution in [0.25, 0.3) is 0 Å². The zero-order valence-corrected chi connectivity index (χ0v) is 12.1. The van der Waals surface area contributed by atoms with Crippen molar-refractivity contribution in [3.05, 3.63) is 52.6 Å². The first-order chi connectivity index (χ1) is 10.7. The number of aromatic nitrogens is 1. The predicted molar refractivity (Wildman–Crippen MR) is 79.6 cm³/mol. The van der Waals surface area contributed by atoms with Crippen molar-refractivity contribution in [2.45, 2.75) is 25.5 Å². The third-order valence-corrected chi connectivity index (χ3v) is 3.64. The fraction of sp³-hybridized carbons (Fsp3) is 0.400. The zero-order valence-electron chi connectivity index (χ0n) is 12.1. The van der Waals surface area contributed by atoms with Crippen LogP contribution in [0.2, 0.25) is 0 Å². The van der Waals surface area contributed by atoms with Crippen LogP contribution in [0.4, 0.5) is 11.5 Å². The maximum Gasteiger partial charge on any atom is 0.287 e. The molecule has 1 atom stereocenters. The number of nitro groups is 1. The standard InChI is InChI=1S/C15H17N3O4/c19-18(20)12-5-6-15(16-9-12)17(10-13-3-1-7-21-13)11-14-4-2-8-22-14/h1,3,5-7,9,14H,2,4,8,10-11H2/t14-/m0/s1. The van der Waals surface area contributed by atoms with Gasteiger partial charge in [-0.25, -0.2) is 4.98 Å². The minimum absolute atomic E-state index is 0.0150. The van der Waals surface area contributed by atoms with Crippen LogP contribution in [-0.2, 0) is 11.3 Å². The molecule has 7 heteroatoms. The van der Waals surface area contributed by atoms with Crippen LogP contribution in [0, 0.1) is 10.1 Å². The Morgan fingerprint density at radius 2 is 2.32 bits per heavy atom. The first-order valence-corrected chi connectivity index (χ1v) is 7.22. The van der Waals surface area contributed by atoms with Crippen molar-refractivity contribution >= 4 is 11.5 Å². The molecule has 1 fully saturated rings. The molecule has 1 saturated heterocycles. The Kier molecular flexibility index (Phi) is 4.34. The summed E-state index contributed by atoms with van der Waals surface area (Å²) in [7, 11) is 0. The average Bonchev–Trinajstić information content (AvgIpc) is 3.20. The number of hydrogen-bond donors (Lipinski definition) is 0. The third kappa shape index (κ3) is 3.43.